The zero-order valence-corrected chi connectivity index (χ0v) is 9.83. The molecule has 0 heterocycles. The molecule has 0 aromatic heterocycles. The van der Waals surface area contributed by atoms with Gasteiger partial charge in [-0.05, 0) is 36.8 Å². The normalized spacial score (nSPS) is 15.1. The average Bonchev–Trinajstić information content (AvgIpc) is 2.35. The van der Waals surface area contributed by atoms with Gasteiger partial charge in [0.25, 0.3) is 0 Å². The van der Waals surface area contributed by atoms with Gasteiger partial charge in [0.2, 0.25) is 0 Å². The number of fused-ring (bicyclic) bond motifs is 1. The Bertz CT molecular complexity index is 396. The van der Waals surface area contributed by atoms with Gasteiger partial charge < -0.3 is 10.5 Å². The van der Waals surface area contributed by atoms with Crippen molar-refractivity contribution in [3.05, 3.63) is 34.9 Å². The Morgan fingerprint density at radius 2 is 2.12 bits per heavy atom. The highest BCUT2D eigenvalue weighted by Gasteiger charge is 2.15. The van der Waals surface area contributed by atoms with Crippen LogP contribution in [0.2, 0.25) is 0 Å². The number of nitrogens with two attached hydrogens (primary N) is 1. The zero-order valence-electron chi connectivity index (χ0n) is 9.83. The third-order valence-electron chi connectivity index (χ3n) is 3.15. The van der Waals surface area contributed by atoms with Crippen LogP contribution in [0.1, 0.15) is 29.5 Å². The topological polar surface area (TPSA) is 35.2 Å². The van der Waals surface area contributed by atoms with Crippen molar-refractivity contribution in [3.63, 3.8) is 0 Å². The molecule has 0 aliphatic heterocycles. The van der Waals surface area contributed by atoms with Crippen LogP contribution in [0.15, 0.2) is 18.2 Å². The van der Waals surface area contributed by atoms with Crippen molar-refractivity contribution in [2.75, 3.05) is 13.7 Å². The summed E-state index contributed by atoms with van der Waals surface area (Å²) in [5.41, 5.74) is 9.47. The molecule has 2 rings (SSSR count). The molecule has 0 saturated heterocycles. The van der Waals surface area contributed by atoms with Gasteiger partial charge in [0.1, 0.15) is 5.75 Å². The monoisotopic (exact) mass is 217 g/mol. The highest BCUT2D eigenvalue weighted by Crippen LogP contribution is 2.33. The first kappa shape index (κ1) is 11.2. The predicted octanol–water partition coefficient (Wildman–Crippen LogP) is 2.55. The van der Waals surface area contributed by atoms with Gasteiger partial charge in [-0.3, -0.25) is 0 Å². The second-order valence-corrected chi connectivity index (χ2v) is 4.17. The molecule has 0 atom stereocenters. The van der Waals surface area contributed by atoms with Crippen LogP contribution in [0, 0.1) is 0 Å². The number of aryl methyl sites for hydroxylation is 1. The summed E-state index contributed by atoms with van der Waals surface area (Å²) in [6.45, 7) is 0.570. The number of methoxy groups -OCH3 is 1. The molecule has 0 amide bonds. The lowest BCUT2D eigenvalue weighted by Crippen LogP contribution is -2.06. The molecule has 0 unspecified atom stereocenters. The van der Waals surface area contributed by atoms with E-state index in [9.17, 15) is 0 Å². The first-order chi connectivity index (χ1) is 7.86. The molecule has 2 nitrogen and oxygen atoms in total. The van der Waals surface area contributed by atoms with E-state index in [4.69, 9.17) is 10.5 Å². The number of benzene rings is 1. The lowest BCUT2D eigenvalue weighted by atomic mass is 9.89. The Hall–Kier alpha value is -1.28. The van der Waals surface area contributed by atoms with E-state index in [0.29, 0.717) is 6.54 Å². The maximum atomic E-state index is 5.55. The van der Waals surface area contributed by atoms with Gasteiger partial charge in [0.05, 0.1) is 7.11 Å². The first-order valence-electron chi connectivity index (χ1n) is 5.92. The second kappa shape index (κ2) is 5.17. The van der Waals surface area contributed by atoms with Crippen LogP contribution >= 0.6 is 0 Å². The van der Waals surface area contributed by atoms with Crippen LogP contribution in [0.3, 0.4) is 0 Å². The van der Waals surface area contributed by atoms with Crippen LogP contribution < -0.4 is 10.5 Å². The van der Waals surface area contributed by atoms with Crippen molar-refractivity contribution >= 4 is 6.08 Å². The number of ether oxygens (including phenoxy) is 1. The van der Waals surface area contributed by atoms with E-state index in [-0.39, 0.29) is 0 Å². The molecule has 2 N–H and O–H groups in total. The minimum absolute atomic E-state index is 0.570. The summed E-state index contributed by atoms with van der Waals surface area (Å²) in [4.78, 5) is 0. The fourth-order valence-electron chi connectivity index (χ4n) is 2.38. The van der Waals surface area contributed by atoms with Crippen molar-refractivity contribution < 1.29 is 4.74 Å². The molecule has 1 aliphatic carbocycles. The molecule has 0 radical (unpaired) electrons. The average molecular weight is 217 g/mol. The van der Waals surface area contributed by atoms with Crippen LogP contribution in [-0.4, -0.2) is 13.7 Å². The van der Waals surface area contributed by atoms with Crippen LogP contribution in [0.25, 0.3) is 6.08 Å². The smallest absolute Gasteiger partial charge is 0.129 e. The molecular weight excluding hydrogens is 198 g/mol. The molecule has 0 spiro atoms. The molecule has 16 heavy (non-hydrogen) atoms. The molecule has 0 bridgehead atoms. The highest BCUT2D eigenvalue weighted by molar-refractivity contribution is 5.62. The fraction of sp³-hybridized carbons (Fsp3) is 0.429. The van der Waals surface area contributed by atoms with E-state index in [1.165, 1.54) is 30.4 Å². The molecule has 1 aromatic rings. The van der Waals surface area contributed by atoms with Crippen molar-refractivity contribution in [2.24, 2.45) is 5.73 Å². The standard InChI is InChI=1S/C14H19NO/c1-16-14-12(6-4-10-15)9-8-11-5-2-3-7-13(11)14/h4,6,8-9H,2-3,5,7,10,15H2,1H3/b6-4+. The molecule has 2 heteroatoms. The largest absolute Gasteiger partial charge is 0.496 e. The summed E-state index contributed by atoms with van der Waals surface area (Å²) < 4.78 is 5.55. The van der Waals surface area contributed by atoms with E-state index >= 15 is 0 Å². The Morgan fingerprint density at radius 3 is 2.88 bits per heavy atom. The zero-order chi connectivity index (χ0) is 11.4. The van der Waals surface area contributed by atoms with Crippen molar-refractivity contribution in [1.82, 2.24) is 0 Å². The number of hydrogen-bond acceptors (Lipinski definition) is 2. The van der Waals surface area contributed by atoms with Crippen molar-refractivity contribution in [1.29, 1.82) is 0 Å². The number of rotatable bonds is 3. The van der Waals surface area contributed by atoms with Gasteiger partial charge in [-0.1, -0.05) is 24.3 Å². The lowest BCUT2D eigenvalue weighted by molar-refractivity contribution is 0.405. The molecular formula is C14H19NO. The highest BCUT2D eigenvalue weighted by atomic mass is 16.5. The Morgan fingerprint density at radius 1 is 1.31 bits per heavy atom. The summed E-state index contributed by atoms with van der Waals surface area (Å²) in [5, 5.41) is 0. The fourth-order valence-corrected chi connectivity index (χ4v) is 2.38. The van der Waals surface area contributed by atoms with Crippen molar-refractivity contribution in [3.8, 4) is 5.75 Å². The summed E-state index contributed by atoms with van der Waals surface area (Å²) in [6.07, 6.45) is 8.91. The summed E-state index contributed by atoms with van der Waals surface area (Å²) in [7, 11) is 1.75. The van der Waals surface area contributed by atoms with Gasteiger partial charge in [-0.15, -0.1) is 0 Å². The third-order valence-corrected chi connectivity index (χ3v) is 3.15. The quantitative estimate of drug-likeness (QED) is 0.844. The van der Waals surface area contributed by atoms with Gasteiger partial charge in [0.15, 0.2) is 0 Å². The third kappa shape index (κ3) is 2.12. The predicted molar refractivity (Wildman–Crippen MR) is 67.7 cm³/mol. The lowest BCUT2D eigenvalue weighted by Gasteiger charge is -2.20. The SMILES string of the molecule is COc1c(/C=C/CN)ccc2c1CCCC2. The molecule has 86 valence electrons. The van der Waals surface area contributed by atoms with Gasteiger partial charge in [-0.2, -0.15) is 0 Å². The van der Waals surface area contributed by atoms with Gasteiger partial charge >= 0.3 is 0 Å². The van der Waals surface area contributed by atoms with E-state index in [0.717, 1.165) is 17.7 Å². The molecule has 1 aromatic carbocycles. The van der Waals surface area contributed by atoms with Crippen LogP contribution in [0.4, 0.5) is 0 Å². The Labute approximate surface area is 97.1 Å². The maximum absolute atomic E-state index is 5.55. The summed E-state index contributed by atoms with van der Waals surface area (Å²) in [5.74, 6) is 1.04. The number of hydrogen-bond donors (Lipinski definition) is 1. The van der Waals surface area contributed by atoms with E-state index in [2.05, 4.69) is 12.1 Å². The molecule has 0 fully saturated rings. The van der Waals surface area contributed by atoms with Gasteiger partial charge in [-0.25, -0.2) is 0 Å². The molecule has 1 aliphatic rings. The van der Waals surface area contributed by atoms with Crippen LogP contribution in [0.5, 0.6) is 5.75 Å². The van der Waals surface area contributed by atoms with Gasteiger partial charge in [0, 0.05) is 12.1 Å². The van der Waals surface area contributed by atoms with E-state index < -0.39 is 0 Å². The summed E-state index contributed by atoms with van der Waals surface area (Å²) in [6, 6.07) is 4.36. The second-order valence-electron chi connectivity index (χ2n) is 4.17. The van der Waals surface area contributed by atoms with Crippen molar-refractivity contribution in [2.45, 2.75) is 25.7 Å². The first-order valence-corrected chi connectivity index (χ1v) is 5.92. The Kier molecular flexibility index (Phi) is 3.62. The minimum Gasteiger partial charge on any atom is -0.496 e. The Balaban J connectivity index is 2.43. The maximum Gasteiger partial charge on any atom is 0.129 e. The summed E-state index contributed by atoms with van der Waals surface area (Å²) >= 11 is 0. The molecule has 0 saturated carbocycles. The van der Waals surface area contributed by atoms with Crippen LogP contribution in [-0.2, 0) is 12.8 Å². The minimum atomic E-state index is 0.570. The van der Waals surface area contributed by atoms with E-state index in [1.54, 1.807) is 7.11 Å². The van der Waals surface area contributed by atoms with E-state index in [1.807, 2.05) is 12.2 Å².